The summed E-state index contributed by atoms with van der Waals surface area (Å²) in [6.07, 6.45) is 0. The van der Waals surface area contributed by atoms with Gasteiger partial charge in [-0.15, -0.1) is 0 Å². The van der Waals surface area contributed by atoms with Crippen molar-refractivity contribution in [3.05, 3.63) is 24.0 Å². The summed E-state index contributed by atoms with van der Waals surface area (Å²) in [6, 6.07) is 6.08. The van der Waals surface area contributed by atoms with Gasteiger partial charge in [0.2, 0.25) is 5.96 Å². The number of hydrogen-bond donors (Lipinski definition) is 1. The monoisotopic (exact) mass is 286 g/mol. The molecule has 1 aromatic carbocycles. The molecule has 0 fully saturated rings. The molecule has 2 aromatic rings. The zero-order valence-electron chi connectivity index (χ0n) is 13.1. The normalized spacial score (nSPS) is 12.1. The molecule has 0 bridgehead atoms. The molecule has 2 rings (SSSR count). The Morgan fingerprint density at radius 3 is 2.81 bits per heavy atom. The zero-order chi connectivity index (χ0) is 15.4. The molecule has 0 aliphatic carbocycles. The Balaban J connectivity index is 2.31. The molecule has 0 aliphatic heterocycles. The number of hydrogen-bond acceptors (Lipinski definition) is 3. The van der Waals surface area contributed by atoms with Gasteiger partial charge in [0.05, 0.1) is 11.0 Å². The van der Waals surface area contributed by atoms with Crippen molar-refractivity contribution >= 4 is 29.4 Å². The number of likely N-dealkylation sites (N-methyl/N-ethyl adjacent to an activating group) is 1. The van der Waals surface area contributed by atoms with E-state index in [-0.39, 0.29) is 0 Å². The molecule has 0 saturated carbocycles. The summed E-state index contributed by atoms with van der Waals surface area (Å²) >= 11 is 0. The number of aryl methyl sites for hydroxylation is 1. The van der Waals surface area contributed by atoms with Crippen LogP contribution in [0.4, 0.5) is 5.69 Å². The number of anilines is 1. The van der Waals surface area contributed by atoms with Gasteiger partial charge in [0.15, 0.2) is 0 Å². The van der Waals surface area contributed by atoms with Gasteiger partial charge in [0.25, 0.3) is 0 Å². The van der Waals surface area contributed by atoms with E-state index in [4.69, 9.17) is 0 Å². The number of nitrogens with zero attached hydrogens (tertiary/aromatic N) is 5. The van der Waals surface area contributed by atoms with Crippen molar-refractivity contribution in [3.8, 4) is 0 Å². The highest BCUT2D eigenvalue weighted by atomic mass is 15.1. The molecule has 0 radical (unpaired) electrons. The topological polar surface area (TPSA) is 57.8 Å². The second-order valence-corrected chi connectivity index (χ2v) is 5.15. The maximum atomic E-state index is 4.63. The first-order valence-electron chi connectivity index (χ1n) is 6.87. The lowest BCUT2D eigenvalue weighted by Gasteiger charge is -2.12. The Hall–Kier alpha value is -2.21. The van der Waals surface area contributed by atoms with Crippen LogP contribution in [0.3, 0.4) is 0 Å². The highest BCUT2D eigenvalue weighted by Gasteiger charge is 2.08. The van der Waals surface area contributed by atoms with Crippen molar-refractivity contribution in [1.82, 2.24) is 14.5 Å². The lowest BCUT2D eigenvalue weighted by molar-refractivity contribution is 0.384. The van der Waals surface area contributed by atoms with Crippen LogP contribution in [0.15, 0.2) is 28.2 Å². The van der Waals surface area contributed by atoms with Crippen molar-refractivity contribution < 1.29 is 0 Å². The van der Waals surface area contributed by atoms with Gasteiger partial charge in [-0.05, 0) is 45.9 Å². The van der Waals surface area contributed by atoms with E-state index < -0.39 is 0 Å². The van der Waals surface area contributed by atoms with Gasteiger partial charge in [-0.2, -0.15) is 0 Å². The van der Waals surface area contributed by atoms with Crippen LogP contribution < -0.4 is 5.32 Å². The van der Waals surface area contributed by atoms with E-state index in [1.54, 1.807) is 7.05 Å². The molecule has 112 valence electrons. The third-order valence-electron chi connectivity index (χ3n) is 3.33. The fourth-order valence-corrected chi connectivity index (χ4v) is 2.21. The molecule has 0 aliphatic rings. The van der Waals surface area contributed by atoms with Gasteiger partial charge in [-0.3, -0.25) is 4.99 Å². The zero-order valence-corrected chi connectivity index (χ0v) is 13.1. The van der Waals surface area contributed by atoms with E-state index in [2.05, 4.69) is 56.6 Å². The minimum absolute atomic E-state index is 0.498. The lowest BCUT2D eigenvalue weighted by atomic mass is 10.2. The summed E-state index contributed by atoms with van der Waals surface area (Å²) in [6.45, 7) is 7.43. The minimum Gasteiger partial charge on any atom is -0.327 e. The van der Waals surface area contributed by atoms with E-state index in [1.807, 2.05) is 19.1 Å². The van der Waals surface area contributed by atoms with Crippen molar-refractivity contribution in [1.29, 1.82) is 0 Å². The number of rotatable bonds is 4. The maximum absolute atomic E-state index is 4.63. The number of guanidine groups is 1. The number of nitrogens with one attached hydrogen (secondary N) is 1. The molecule has 6 heteroatoms. The second kappa shape index (κ2) is 6.49. The predicted molar refractivity (Wildman–Crippen MR) is 89.6 cm³/mol. The molecule has 0 unspecified atom stereocenters. The number of fused-ring (bicyclic) bond motifs is 1. The summed E-state index contributed by atoms with van der Waals surface area (Å²) < 4.78 is 2.24. The molecule has 6 nitrogen and oxygen atoms in total. The molecule has 1 heterocycles. The van der Waals surface area contributed by atoms with E-state index in [0.717, 1.165) is 35.6 Å². The largest absolute Gasteiger partial charge is 0.327 e. The van der Waals surface area contributed by atoms with Crippen LogP contribution in [-0.2, 0) is 6.54 Å². The molecule has 21 heavy (non-hydrogen) atoms. The van der Waals surface area contributed by atoms with Crippen LogP contribution in [-0.4, -0.2) is 54.8 Å². The molecule has 0 saturated heterocycles. The maximum Gasteiger partial charge on any atom is 0.221 e. The van der Waals surface area contributed by atoms with Crippen LogP contribution in [0.5, 0.6) is 0 Å². The Morgan fingerprint density at radius 1 is 1.43 bits per heavy atom. The fourth-order valence-electron chi connectivity index (χ4n) is 2.21. The minimum atomic E-state index is 0.498. The van der Waals surface area contributed by atoms with Crippen LogP contribution in [0.2, 0.25) is 0 Å². The number of aliphatic imine (C=N–C) groups is 2. The Bertz CT molecular complexity index is 668. The number of benzene rings is 1. The molecule has 1 aromatic heterocycles. The quantitative estimate of drug-likeness (QED) is 0.691. The first kappa shape index (κ1) is 15.2. The fraction of sp³-hybridized carbons (Fsp3) is 0.400. The first-order valence-corrected chi connectivity index (χ1v) is 6.87. The standard InChI is InChI=1S/C15H22N6/c1-11-18-13-10-12(19-15(16-2)17-3)6-7-14(13)21(11)9-8-20(4)5/h6-7,10H,2,8-9H2,1,3-5H3,(H,17,19). The summed E-state index contributed by atoms with van der Waals surface area (Å²) in [4.78, 5) is 14.6. The predicted octanol–water partition coefficient (Wildman–Crippen LogP) is 2.00. The number of imidazole rings is 1. The summed E-state index contributed by atoms with van der Waals surface area (Å²) in [5, 5.41) is 3.11. The SMILES string of the molecule is C=NC(=NC)Nc1ccc2c(c1)nc(C)n2CCN(C)C. The summed E-state index contributed by atoms with van der Waals surface area (Å²) in [7, 11) is 5.82. The van der Waals surface area contributed by atoms with Crippen molar-refractivity contribution in [2.75, 3.05) is 33.0 Å². The third kappa shape index (κ3) is 3.46. The van der Waals surface area contributed by atoms with E-state index in [0.29, 0.717) is 5.96 Å². The Kier molecular flexibility index (Phi) is 4.70. The van der Waals surface area contributed by atoms with Crippen LogP contribution in [0.25, 0.3) is 11.0 Å². The third-order valence-corrected chi connectivity index (χ3v) is 3.33. The van der Waals surface area contributed by atoms with Crippen LogP contribution in [0, 0.1) is 6.92 Å². The second-order valence-electron chi connectivity index (χ2n) is 5.15. The number of aromatic nitrogens is 2. The Morgan fingerprint density at radius 2 is 2.19 bits per heavy atom. The van der Waals surface area contributed by atoms with E-state index >= 15 is 0 Å². The van der Waals surface area contributed by atoms with Gasteiger partial charge in [0, 0.05) is 25.8 Å². The van der Waals surface area contributed by atoms with Gasteiger partial charge >= 0.3 is 0 Å². The average Bonchev–Trinajstić information content (AvgIpc) is 2.77. The first-order chi connectivity index (χ1) is 10.0. The van der Waals surface area contributed by atoms with E-state index in [1.165, 1.54) is 0 Å². The molecule has 0 amide bonds. The van der Waals surface area contributed by atoms with Crippen molar-refractivity contribution in [2.24, 2.45) is 9.98 Å². The molecule has 0 spiro atoms. The highest BCUT2D eigenvalue weighted by molar-refractivity contribution is 5.97. The summed E-state index contributed by atoms with van der Waals surface area (Å²) in [5.74, 6) is 1.52. The molecular weight excluding hydrogens is 264 g/mol. The molecule has 1 N–H and O–H groups in total. The lowest BCUT2D eigenvalue weighted by Crippen LogP contribution is -2.18. The van der Waals surface area contributed by atoms with Crippen LogP contribution >= 0.6 is 0 Å². The smallest absolute Gasteiger partial charge is 0.221 e. The van der Waals surface area contributed by atoms with Gasteiger partial charge in [0.1, 0.15) is 5.82 Å². The van der Waals surface area contributed by atoms with Crippen molar-refractivity contribution in [2.45, 2.75) is 13.5 Å². The Labute approximate surface area is 125 Å². The molecular formula is C15H22N6. The van der Waals surface area contributed by atoms with Gasteiger partial charge < -0.3 is 14.8 Å². The van der Waals surface area contributed by atoms with E-state index in [9.17, 15) is 0 Å². The van der Waals surface area contributed by atoms with Gasteiger partial charge in [-0.25, -0.2) is 9.98 Å². The van der Waals surface area contributed by atoms with Gasteiger partial charge in [-0.1, -0.05) is 0 Å². The van der Waals surface area contributed by atoms with Crippen LogP contribution in [0.1, 0.15) is 5.82 Å². The average molecular weight is 286 g/mol. The van der Waals surface area contributed by atoms with Crippen molar-refractivity contribution in [3.63, 3.8) is 0 Å². The summed E-state index contributed by atoms with van der Waals surface area (Å²) in [5.41, 5.74) is 3.02. The molecule has 0 atom stereocenters. The highest BCUT2D eigenvalue weighted by Crippen LogP contribution is 2.20.